The Balaban J connectivity index is 2.66. The van der Waals surface area contributed by atoms with E-state index in [1.54, 1.807) is 0 Å². The van der Waals surface area contributed by atoms with Crippen LogP contribution in [0.15, 0.2) is 24.3 Å². The number of benzene rings is 1. The number of rotatable bonds is 6. The molecule has 0 aromatic heterocycles. The van der Waals surface area contributed by atoms with E-state index >= 15 is 0 Å². The SMILES string of the molecule is C#CC(Oc1ccc(CCCO)cc1)[Si](C)(C)C. The standard InChI is InChI=1S/C15H22O2Si/c1-5-15(18(2,3)4)17-14-10-8-13(9-11-14)7-6-12-16/h1,8-11,15-16H,6-7,12H2,2-4H3. The van der Waals surface area contributed by atoms with Crippen LogP contribution in [0.3, 0.4) is 0 Å². The van der Waals surface area contributed by atoms with Gasteiger partial charge in [0, 0.05) is 6.61 Å². The molecule has 3 heteroatoms. The minimum absolute atomic E-state index is 0.0965. The highest BCUT2D eigenvalue weighted by atomic mass is 28.3. The van der Waals surface area contributed by atoms with Gasteiger partial charge in [0.15, 0.2) is 0 Å². The van der Waals surface area contributed by atoms with E-state index in [9.17, 15) is 0 Å². The van der Waals surface area contributed by atoms with Crippen LogP contribution in [0.5, 0.6) is 5.75 Å². The van der Waals surface area contributed by atoms with Gasteiger partial charge in [0.05, 0.1) is 0 Å². The molecule has 0 aliphatic carbocycles. The van der Waals surface area contributed by atoms with Gasteiger partial charge in [-0.2, -0.15) is 0 Å². The van der Waals surface area contributed by atoms with E-state index in [-0.39, 0.29) is 12.3 Å². The first kappa shape index (κ1) is 14.8. The molecule has 0 aliphatic rings. The summed E-state index contributed by atoms with van der Waals surface area (Å²) in [6.07, 6.45) is 7.22. The third-order valence-corrected chi connectivity index (χ3v) is 4.60. The third-order valence-electron chi connectivity index (χ3n) is 2.74. The average molecular weight is 262 g/mol. The van der Waals surface area contributed by atoms with Crippen LogP contribution >= 0.6 is 0 Å². The molecule has 18 heavy (non-hydrogen) atoms. The van der Waals surface area contributed by atoms with Crippen molar-refractivity contribution in [3.05, 3.63) is 29.8 Å². The first-order valence-corrected chi connectivity index (χ1v) is 9.87. The smallest absolute Gasteiger partial charge is 0.143 e. The summed E-state index contributed by atoms with van der Waals surface area (Å²) in [5, 5.41) is 8.78. The summed E-state index contributed by atoms with van der Waals surface area (Å²) < 4.78 is 5.86. The number of hydrogen-bond donors (Lipinski definition) is 1. The summed E-state index contributed by atoms with van der Waals surface area (Å²) in [7, 11) is -1.50. The summed E-state index contributed by atoms with van der Waals surface area (Å²) in [6, 6.07) is 7.97. The number of hydrogen-bond acceptors (Lipinski definition) is 2. The number of aliphatic hydroxyl groups is 1. The monoisotopic (exact) mass is 262 g/mol. The van der Waals surface area contributed by atoms with Crippen molar-refractivity contribution in [3.8, 4) is 18.1 Å². The van der Waals surface area contributed by atoms with Gasteiger partial charge in [-0.25, -0.2) is 0 Å². The summed E-state index contributed by atoms with van der Waals surface area (Å²) in [6.45, 7) is 6.83. The topological polar surface area (TPSA) is 29.5 Å². The fourth-order valence-electron chi connectivity index (χ4n) is 1.61. The van der Waals surface area contributed by atoms with Crippen molar-refractivity contribution in [1.29, 1.82) is 0 Å². The third kappa shape index (κ3) is 4.56. The van der Waals surface area contributed by atoms with E-state index in [1.165, 1.54) is 5.56 Å². The molecular formula is C15H22O2Si. The molecule has 98 valence electrons. The average Bonchev–Trinajstić information content (AvgIpc) is 2.33. The van der Waals surface area contributed by atoms with Crippen LogP contribution in [0.1, 0.15) is 12.0 Å². The lowest BCUT2D eigenvalue weighted by Gasteiger charge is -2.25. The predicted octanol–water partition coefficient (Wildman–Crippen LogP) is 2.87. The highest BCUT2D eigenvalue weighted by molar-refractivity contribution is 6.78. The molecule has 1 rings (SSSR count). The number of aliphatic hydroxyl groups excluding tert-OH is 1. The molecule has 0 saturated heterocycles. The van der Waals surface area contributed by atoms with E-state index in [0.717, 1.165) is 18.6 Å². The fourth-order valence-corrected chi connectivity index (χ4v) is 2.60. The molecule has 1 atom stereocenters. The maximum atomic E-state index is 8.78. The zero-order valence-corrected chi connectivity index (χ0v) is 12.4. The van der Waals surface area contributed by atoms with E-state index < -0.39 is 8.07 Å². The van der Waals surface area contributed by atoms with Crippen LogP contribution in [0, 0.1) is 12.3 Å². The van der Waals surface area contributed by atoms with Crippen LogP contribution in [-0.4, -0.2) is 25.5 Å². The van der Waals surface area contributed by atoms with Crippen molar-refractivity contribution in [2.45, 2.75) is 38.2 Å². The molecular weight excluding hydrogens is 240 g/mol. The molecule has 1 aromatic carbocycles. The van der Waals surface area contributed by atoms with Gasteiger partial charge >= 0.3 is 0 Å². The van der Waals surface area contributed by atoms with Crippen molar-refractivity contribution in [1.82, 2.24) is 0 Å². The second-order valence-electron chi connectivity index (χ2n) is 5.50. The molecule has 2 nitrogen and oxygen atoms in total. The Kier molecular flexibility index (Phi) is 5.45. The van der Waals surface area contributed by atoms with Crippen LogP contribution < -0.4 is 4.74 Å². The van der Waals surface area contributed by atoms with Crippen LogP contribution in [0.25, 0.3) is 0 Å². The first-order valence-electron chi connectivity index (χ1n) is 6.30. The van der Waals surface area contributed by atoms with Crippen molar-refractivity contribution < 1.29 is 9.84 Å². The quantitative estimate of drug-likeness (QED) is 0.631. The van der Waals surface area contributed by atoms with Gasteiger partial charge < -0.3 is 9.84 Å². The number of ether oxygens (including phenoxy) is 1. The van der Waals surface area contributed by atoms with Crippen molar-refractivity contribution in [2.24, 2.45) is 0 Å². The van der Waals surface area contributed by atoms with Crippen LogP contribution in [-0.2, 0) is 6.42 Å². The first-order chi connectivity index (χ1) is 8.47. The molecule has 0 amide bonds. The van der Waals surface area contributed by atoms with Gasteiger partial charge in [0.2, 0.25) is 0 Å². The van der Waals surface area contributed by atoms with Gasteiger partial charge in [-0.1, -0.05) is 37.7 Å². The van der Waals surface area contributed by atoms with Gasteiger partial charge in [0.25, 0.3) is 0 Å². The molecule has 0 fully saturated rings. The molecule has 0 aliphatic heterocycles. The van der Waals surface area contributed by atoms with Crippen LogP contribution in [0.2, 0.25) is 19.6 Å². The van der Waals surface area contributed by atoms with Crippen molar-refractivity contribution in [2.75, 3.05) is 6.61 Å². The molecule has 1 aromatic rings. The Morgan fingerprint density at radius 2 is 1.89 bits per heavy atom. The van der Waals surface area contributed by atoms with E-state index in [2.05, 4.69) is 25.6 Å². The highest BCUT2D eigenvalue weighted by Gasteiger charge is 2.26. The summed E-state index contributed by atoms with van der Waals surface area (Å²) in [5.41, 5.74) is 1.11. The summed E-state index contributed by atoms with van der Waals surface area (Å²) in [4.78, 5) is 0. The number of aryl methyl sites for hydroxylation is 1. The zero-order chi connectivity index (χ0) is 13.6. The van der Waals surface area contributed by atoms with Gasteiger partial charge in [0.1, 0.15) is 19.6 Å². The lowest BCUT2D eigenvalue weighted by atomic mass is 10.1. The number of terminal acetylenes is 1. The summed E-state index contributed by atoms with van der Waals surface area (Å²) >= 11 is 0. The van der Waals surface area contributed by atoms with Crippen LogP contribution in [0.4, 0.5) is 0 Å². The van der Waals surface area contributed by atoms with Gasteiger partial charge in [-0.3, -0.25) is 0 Å². The van der Waals surface area contributed by atoms with Gasteiger partial charge in [-0.15, -0.1) is 6.42 Å². The Labute approximate surface area is 111 Å². The molecule has 0 bridgehead atoms. The fraction of sp³-hybridized carbons (Fsp3) is 0.467. The maximum absolute atomic E-state index is 8.78. The highest BCUT2D eigenvalue weighted by Crippen LogP contribution is 2.18. The molecule has 0 radical (unpaired) electrons. The second-order valence-corrected chi connectivity index (χ2v) is 10.8. The Hall–Kier alpha value is -1.24. The Bertz CT molecular complexity index is 398. The lowest BCUT2D eigenvalue weighted by molar-refractivity contribution is 0.288. The predicted molar refractivity (Wildman–Crippen MR) is 78.4 cm³/mol. The molecule has 1 unspecified atom stereocenters. The zero-order valence-electron chi connectivity index (χ0n) is 11.4. The Morgan fingerprint density at radius 1 is 1.28 bits per heavy atom. The normalized spacial score (nSPS) is 12.8. The van der Waals surface area contributed by atoms with E-state index in [0.29, 0.717) is 0 Å². The second kappa shape index (κ2) is 6.63. The van der Waals surface area contributed by atoms with Crippen molar-refractivity contribution >= 4 is 8.07 Å². The molecule has 1 N–H and O–H groups in total. The maximum Gasteiger partial charge on any atom is 0.143 e. The Morgan fingerprint density at radius 3 is 2.33 bits per heavy atom. The molecule has 0 saturated carbocycles. The van der Waals surface area contributed by atoms with Gasteiger partial charge in [-0.05, 0) is 30.5 Å². The van der Waals surface area contributed by atoms with Crippen molar-refractivity contribution in [3.63, 3.8) is 0 Å². The molecule has 0 spiro atoms. The molecule has 0 heterocycles. The largest absolute Gasteiger partial charge is 0.482 e. The lowest BCUT2D eigenvalue weighted by Crippen LogP contribution is -2.41. The van der Waals surface area contributed by atoms with E-state index in [4.69, 9.17) is 16.3 Å². The van der Waals surface area contributed by atoms with E-state index in [1.807, 2.05) is 24.3 Å². The minimum Gasteiger partial charge on any atom is -0.482 e. The summed E-state index contributed by atoms with van der Waals surface area (Å²) in [5.74, 6) is 3.57. The minimum atomic E-state index is -1.50.